The summed E-state index contributed by atoms with van der Waals surface area (Å²) >= 11 is 0. The van der Waals surface area contributed by atoms with Crippen LogP contribution in [0.3, 0.4) is 0 Å². The molecule has 0 unspecified atom stereocenters. The molecule has 5 heteroatoms. The van der Waals surface area contributed by atoms with Crippen LogP contribution < -0.4 is 5.32 Å². The number of pyridine rings is 1. The molecule has 0 aliphatic carbocycles. The molecule has 4 nitrogen and oxygen atoms in total. The average molecular weight is 288 g/mol. The van der Waals surface area contributed by atoms with Gasteiger partial charge in [-0.25, -0.2) is 14.4 Å². The van der Waals surface area contributed by atoms with E-state index >= 15 is 0 Å². The lowest BCUT2D eigenvalue weighted by Gasteiger charge is -2.15. The molecular formula is C16H21FN4. The fourth-order valence-electron chi connectivity index (χ4n) is 2.04. The van der Waals surface area contributed by atoms with Gasteiger partial charge in [-0.1, -0.05) is 20.8 Å². The Morgan fingerprint density at radius 1 is 1.29 bits per heavy atom. The highest BCUT2D eigenvalue weighted by atomic mass is 19.1. The van der Waals surface area contributed by atoms with Crippen LogP contribution in [0.2, 0.25) is 0 Å². The molecule has 1 N–H and O–H groups in total. The molecule has 0 saturated carbocycles. The van der Waals surface area contributed by atoms with Crippen LogP contribution in [0.15, 0.2) is 18.5 Å². The second-order valence-corrected chi connectivity index (χ2v) is 5.34. The Kier molecular flexibility index (Phi) is 4.83. The Morgan fingerprint density at radius 3 is 2.67 bits per heavy atom. The normalized spacial score (nSPS) is 11.0. The number of rotatable bonds is 5. The fourth-order valence-corrected chi connectivity index (χ4v) is 2.04. The molecule has 0 saturated heterocycles. The van der Waals surface area contributed by atoms with Crippen LogP contribution in [0.1, 0.15) is 44.5 Å². The molecule has 112 valence electrons. The molecule has 2 aromatic rings. The first-order chi connectivity index (χ1) is 10.0. The minimum Gasteiger partial charge on any atom is -0.370 e. The summed E-state index contributed by atoms with van der Waals surface area (Å²) in [5, 5.41) is 3.30. The summed E-state index contributed by atoms with van der Waals surface area (Å²) < 4.78 is 14.0. The highest BCUT2D eigenvalue weighted by molar-refractivity contribution is 5.68. The zero-order chi connectivity index (χ0) is 15.4. The van der Waals surface area contributed by atoms with Crippen molar-refractivity contribution in [1.29, 1.82) is 0 Å². The molecule has 0 aliphatic rings. The maximum atomic E-state index is 14.0. The molecule has 0 aliphatic heterocycles. The maximum absolute atomic E-state index is 14.0. The molecule has 0 fully saturated rings. The highest BCUT2D eigenvalue weighted by Crippen LogP contribution is 2.29. The maximum Gasteiger partial charge on any atom is 0.150 e. The number of anilines is 1. The first kappa shape index (κ1) is 15.4. The Hall–Kier alpha value is -2.04. The number of nitrogens with one attached hydrogen (secondary N) is 1. The highest BCUT2D eigenvalue weighted by Gasteiger charge is 2.16. The monoisotopic (exact) mass is 288 g/mol. The van der Waals surface area contributed by atoms with E-state index in [0.717, 1.165) is 24.3 Å². The molecular weight excluding hydrogens is 267 g/mol. The van der Waals surface area contributed by atoms with Gasteiger partial charge in [0, 0.05) is 29.8 Å². The largest absolute Gasteiger partial charge is 0.370 e. The molecule has 0 spiro atoms. The molecule has 2 rings (SSSR count). The van der Waals surface area contributed by atoms with E-state index in [0.29, 0.717) is 17.1 Å². The molecule has 2 heterocycles. The Balaban J connectivity index is 2.58. The summed E-state index contributed by atoms with van der Waals surface area (Å²) in [6.45, 7) is 8.89. The minimum absolute atomic E-state index is 0.177. The third kappa shape index (κ3) is 3.35. The van der Waals surface area contributed by atoms with Crippen molar-refractivity contribution in [2.75, 3.05) is 11.9 Å². The van der Waals surface area contributed by atoms with Crippen LogP contribution in [-0.4, -0.2) is 21.5 Å². The van der Waals surface area contributed by atoms with Crippen molar-refractivity contribution in [1.82, 2.24) is 15.0 Å². The van der Waals surface area contributed by atoms with Gasteiger partial charge in [0.15, 0.2) is 5.82 Å². The number of hydrogen-bond acceptors (Lipinski definition) is 4. The van der Waals surface area contributed by atoms with Crippen molar-refractivity contribution in [3.8, 4) is 11.3 Å². The van der Waals surface area contributed by atoms with Gasteiger partial charge in [-0.2, -0.15) is 0 Å². The zero-order valence-electron chi connectivity index (χ0n) is 12.9. The summed E-state index contributed by atoms with van der Waals surface area (Å²) in [6, 6.07) is 1.65. The number of hydrogen-bond donors (Lipinski definition) is 1. The SMILES string of the molecule is CCCNc1nc(C(C)C)nc(-c2ccncc2F)c1C. The van der Waals surface area contributed by atoms with E-state index in [1.165, 1.54) is 6.20 Å². The number of nitrogens with zero attached hydrogens (tertiary/aromatic N) is 3. The molecule has 0 bridgehead atoms. The van der Waals surface area contributed by atoms with Crippen LogP contribution in [0, 0.1) is 12.7 Å². The molecule has 2 aromatic heterocycles. The van der Waals surface area contributed by atoms with E-state index in [1.807, 2.05) is 20.8 Å². The van der Waals surface area contributed by atoms with Gasteiger partial charge in [-0.15, -0.1) is 0 Å². The first-order valence-electron chi connectivity index (χ1n) is 7.26. The summed E-state index contributed by atoms with van der Waals surface area (Å²) in [7, 11) is 0. The number of aromatic nitrogens is 3. The summed E-state index contributed by atoms with van der Waals surface area (Å²) in [5.41, 5.74) is 1.96. The predicted octanol–water partition coefficient (Wildman–Crippen LogP) is 3.93. The van der Waals surface area contributed by atoms with Crippen molar-refractivity contribution >= 4 is 5.82 Å². The van der Waals surface area contributed by atoms with E-state index in [-0.39, 0.29) is 11.7 Å². The average Bonchev–Trinajstić information content (AvgIpc) is 2.47. The lowest BCUT2D eigenvalue weighted by atomic mass is 10.1. The van der Waals surface area contributed by atoms with Gasteiger partial charge in [0.1, 0.15) is 11.6 Å². The van der Waals surface area contributed by atoms with Crippen LogP contribution in [-0.2, 0) is 0 Å². The quantitative estimate of drug-likeness (QED) is 0.905. The van der Waals surface area contributed by atoms with Crippen LogP contribution in [0.4, 0.5) is 10.2 Å². The van der Waals surface area contributed by atoms with E-state index in [1.54, 1.807) is 12.3 Å². The second-order valence-electron chi connectivity index (χ2n) is 5.34. The van der Waals surface area contributed by atoms with Crippen molar-refractivity contribution in [2.24, 2.45) is 0 Å². The van der Waals surface area contributed by atoms with Crippen LogP contribution in [0.25, 0.3) is 11.3 Å². The third-order valence-electron chi connectivity index (χ3n) is 3.25. The summed E-state index contributed by atoms with van der Waals surface area (Å²) in [6.07, 6.45) is 3.79. The zero-order valence-corrected chi connectivity index (χ0v) is 12.9. The molecule has 21 heavy (non-hydrogen) atoms. The predicted molar refractivity (Wildman–Crippen MR) is 82.8 cm³/mol. The van der Waals surface area contributed by atoms with Crippen molar-refractivity contribution in [3.05, 3.63) is 35.7 Å². The van der Waals surface area contributed by atoms with E-state index < -0.39 is 0 Å². The van der Waals surface area contributed by atoms with Gasteiger partial charge < -0.3 is 5.32 Å². The van der Waals surface area contributed by atoms with Crippen molar-refractivity contribution in [3.63, 3.8) is 0 Å². The number of halogens is 1. The Labute approximate surface area is 124 Å². The van der Waals surface area contributed by atoms with E-state index in [2.05, 4.69) is 27.2 Å². The van der Waals surface area contributed by atoms with Crippen molar-refractivity contribution < 1.29 is 4.39 Å². The van der Waals surface area contributed by atoms with Crippen LogP contribution >= 0.6 is 0 Å². The Morgan fingerprint density at radius 2 is 2.05 bits per heavy atom. The molecule has 0 radical (unpaired) electrons. The summed E-state index contributed by atoms with van der Waals surface area (Å²) in [4.78, 5) is 12.9. The standard InChI is InChI=1S/C16H21FN4/c1-5-7-19-16-11(4)14(20-15(21-16)10(2)3)12-6-8-18-9-13(12)17/h6,8-10H,5,7H2,1-4H3,(H,19,20,21). The van der Waals surface area contributed by atoms with Gasteiger partial charge in [0.2, 0.25) is 0 Å². The second kappa shape index (κ2) is 6.61. The lowest BCUT2D eigenvalue weighted by Crippen LogP contribution is -2.10. The fraction of sp³-hybridized carbons (Fsp3) is 0.438. The topological polar surface area (TPSA) is 50.7 Å². The smallest absolute Gasteiger partial charge is 0.150 e. The summed E-state index contributed by atoms with van der Waals surface area (Å²) in [5.74, 6) is 1.30. The Bertz CT molecular complexity index is 626. The molecule has 0 atom stereocenters. The van der Waals surface area contributed by atoms with E-state index in [4.69, 9.17) is 0 Å². The van der Waals surface area contributed by atoms with Gasteiger partial charge in [0.05, 0.1) is 11.9 Å². The van der Waals surface area contributed by atoms with Gasteiger partial charge in [-0.3, -0.25) is 4.98 Å². The lowest BCUT2D eigenvalue weighted by molar-refractivity contribution is 0.623. The minimum atomic E-state index is -0.365. The van der Waals surface area contributed by atoms with Crippen LogP contribution in [0.5, 0.6) is 0 Å². The molecule has 0 amide bonds. The van der Waals surface area contributed by atoms with Gasteiger partial charge >= 0.3 is 0 Å². The van der Waals surface area contributed by atoms with E-state index in [9.17, 15) is 4.39 Å². The third-order valence-corrected chi connectivity index (χ3v) is 3.25. The van der Waals surface area contributed by atoms with Crippen molar-refractivity contribution in [2.45, 2.75) is 40.0 Å². The molecule has 0 aromatic carbocycles. The first-order valence-corrected chi connectivity index (χ1v) is 7.26. The van der Waals surface area contributed by atoms with Gasteiger partial charge in [-0.05, 0) is 19.4 Å². The van der Waals surface area contributed by atoms with Gasteiger partial charge in [0.25, 0.3) is 0 Å².